The van der Waals surface area contributed by atoms with Gasteiger partial charge in [0.25, 0.3) is 11.6 Å². The Morgan fingerprint density at radius 1 is 1.43 bits per heavy atom. The van der Waals surface area contributed by atoms with Crippen LogP contribution in [0, 0.1) is 10.1 Å². The zero-order valence-corrected chi connectivity index (χ0v) is 11.4. The molecule has 0 saturated carbocycles. The zero-order valence-electron chi connectivity index (χ0n) is 10.7. The number of benzene rings is 1. The number of anilines is 1. The third kappa shape index (κ3) is 3.90. The van der Waals surface area contributed by atoms with Crippen LogP contribution in [0.1, 0.15) is 0 Å². The highest BCUT2D eigenvalue weighted by atomic mass is 35.5. The monoisotopic (exact) mass is 308 g/mol. The predicted molar refractivity (Wildman–Crippen MR) is 75.0 cm³/mol. The second-order valence-corrected chi connectivity index (χ2v) is 4.64. The lowest BCUT2D eigenvalue weighted by atomic mass is 10.2. The van der Waals surface area contributed by atoms with Gasteiger partial charge in [-0.3, -0.25) is 14.9 Å². The fourth-order valence-electron chi connectivity index (χ4n) is 1.73. The number of hydrogen-bond acceptors (Lipinski definition) is 4. The zero-order chi connectivity index (χ0) is 15.4. The minimum atomic E-state index is -0.604. The maximum absolute atomic E-state index is 11.9. The minimum absolute atomic E-state index is 0.0130. The van der Waals surface area contributed by atoms with E-state index in [1.54, 1.807) is 12.3 Å². The van der Waals surface area contributed by atoms with Gasteiger partial charge in [0.2, 0.25) is 12.7 Å². The SMILES string of the molecule is O=C(C[n+]1cccc(O)c1)Nc1cc(Cl)ccc1[N+](=O)[O-]. The average molecular weight is 309 g/mol. The van der Waals surface area contributed by atoms with Crippen molar-refractivity contribution in [2.45, 2.75) is 6.54 Å². The average Bonchev–Trinajstić information content (AvgIpc) is 2.38. The summed E-state index contributed by atoms with van der Waals surface area (Å²) in [7, 11) is 0. The van der Waals surface area contributed by atoms with Gasteiger partial charge in [0.15, 0.2) is 11.9 Å². The lowest BCUT2D eigenvalue weighted by Gasteiger charge is -2.05. The van der Waals surface area contributed by atoms with E-state index in [1.807, 2.05) is 0 Å². The number of rotatable bonds is 4. The summed E-state index contributed by atoms with van der Waals surface area (Å²) >= 11 is 5.77. The van der Waals surface area contributed by atoms with Crippen LogP contribution in [0.25, 0.3) is 0 Å². The Balaban J connectivity index is 2.16. The smallest absolute Gasteiger partial charge is 0.292 e. The number of aromatic hydroxyl groups is 1. The third-order valence-corrected chi connectivity index (χ3v) is 2.83. The molecule has 21 heavy (non-hydrogen) atoms. The number of carbonyl (C=O) groups excluding carboxylic acids is 1. The molecular formula is C13H11ClN3O4+. The summed E-state index contributed by atoms with van der Waals surface area (Å²) < 4.78 is 1.45. The lowest BCUT2D eigenvalue weighted by Crippen LogP contribution is -2.39. The van der Waals surface area contributed by atoms with Crippen molar-refractivity contribution in [3.63, 3.8) is 0 Å². The number of aromatic nitrogens is 1. The number of hydrogen-bond donors (Lipinski definition) is 2. The van der Waals surface area contributed by atoms with Gasteiger partial charge in [-0.2, -0.15) is 4.57 Å². The van der Waals surface area contributed by atoms with Crippen LogP contribution in [0.2, 0.25) is 5.02 Å². The molecule has 2 aromatic rings. The Morgan fingerprint density at radius 2 is 2.19 bits per heavy atom. The summed E-state index contributed by atoms with van der Waals surface area (Å²) in [5, 5.41) is 22.9. The molecule has 1 aromatic heterocycles. The molecule has 0 spiro atoms. The van der Waals surface area contributed by atoms with Crippen LogP contribution in [0.15, 0.2) is 42.7 Å². The Bertz CT molecular complexity index is 706. The van der Waals surface area contributed by atoms with Crippen LogP contribution < -0.4 is 9.88 Å². The molecule has 0 bridgehead atoms. The molecule has 2 rings (SSSR count). The highest BCUT2D eigenvalue weighted by Crippen LogP contribution is 2.27. The molecule has 0 fully saturated rings. The maximum Gasteiger partial charge on any atom is 0.292 e. The van der Waals surface area contributed by atoms with Gasteiger partial charge >= 0.3 is 0 Å². The van der Waals surface area contributed by atoms with Crippen molar-refractivity contribution in [1.29, 1.82) is 0 Å². The topological polar surface area (TPSA) is 96.3 Å². The first-order valence-electron chi connectivity index (χ1n) is 5.87. The normalized spacial score (nSPS) is 10.1. The number of carbonyl (C=O) groups is 1. The molecule has 108 valence electrons. The fraction of sp³-hybridized carbons (Fsp3) is 0.0769. The maximum atomic E-state index is 11.9. The summed E-state index contributed by atoms with van der Waals surface area (Å²) in [4.78, 5) is 22.2. The van der Waals surface area contributed by atoms with Gasteiger partial charge in [-0.1, -0.05) is 11.6 Å². The van der Waals surface area contributed by atoms with Crippen LogP contribution in [-0.4, -0.2) is 15.9 Å². The number of nitro groups is 1. The van der Waals surface area contributed by atoms with Gasteiger partial charge in [0.1, 0.15) is 5.69 Å². The van der Waals surface area contributed by atoms with Crippen molar-refractivity contribution in [3.05, 3.63) is 57.9 Å². The Kier molecular flexibility index (Phi) is 4.34. The summed E-state index contributed by atoms with van der Waals surface area (Å²) in [5.41, 5.74) is -0.216. The van der Waals surface area contributed by atoms with Crippen molar-refractivity contribution in [2.75, 3.05) is 5.32 Å². The standard InChI is InChI=1S/C13H10ClN3O4/c14-9-3-4-12(17(20)21)11(6-9)15-13(19)8-16-5-1-2-10(18)7-16/h1-7H,8H2,(H-,15,18,19)/p+1. The molecular weight excluding hydrogens is 298 g/mol. The highest BCUT2D eigenvalue weighted by Gasteiger charge is 2.18. The molecule has 0 aliphatic rings. The van der Waals surface area contributed by atoms with Crippen LogP contribution in [0.5, 0.6) is 5.75 Å². The van der Waals surface area contributed by atoms with Crippen molar-refractivity contribution in [2.24, 2.45) is 0 Å². The van der Waals surface area contributed by atoms with Gasteiger partial charge < -0.3 is 10.4 Å². The van der Waals surface area contributed by atoms with Crippen molar-refractivity contribution in [1.82, 2.24) is 0 Å². The molecule has 0 aliphatic carbocycles. The second kappa shape index (κ2) is 6.19. The molecule has 0 unspecified atom stereocenters. The molecule has 1 amide bonds. The summed E-state index contributed by atoms with van der Waals surface area (Å²) in [6, 6.07) is 6.95. The van der Waals surface area contributed by atoms with E-state index in [-0.39, 0.29) is 28.7 Å². The van der Waals surface area contributed by atoms with E-state index in [4.69, 9.17) is 11.6 Å². The minimum Gasteiger partial charge on any atom is -0.503 e. The molecule has 0 atom stereocenters. The molecule has 1 aromatic carbocycles. The fourth-order valence-corrected chi connectivity index (χ4v) is 1.90. The largest absolute Gasteiger partial charge is 0.503 e. The van der Waals surface area contributed by atoms with Gasteiger partial charge in [-0.25, -0.2) is 0 Å². The van der Waals surface area contributed by atoms with Crippen LogP contribution in [0.3, 0.4) is 0 Å². The Hall–Kier alpha value is -2.67. The van der Waals surface area contributed by atoms with Gasteiger partial charge in [-0.15, -0.1) is 0 Å². The number of amides is 1. The second-order valence-electron chi connectivity index (χ2n) is 4.20. The van der Waals surface area contributed by atoms with Crippen molar-refractivity contribution < 1.29 is 19.4 Å². The van der Waals surface area contributed by atoms with Gasteiger partial charge in [0, 0.05) is 17.2 Å². The summed E-state index contributed by atoms with van der Waals surface area (Å²) in [5.74, 6) is -0.463. The molecule has 0 aliphatic heterocycles. The molecule has 0 radical (unpaired) electrons. The van der Waals surface area contributed by atoms with E-state index in [9.17, 15) is 20.0 Å². The lowest BCUT2D eigenvalue weighted by molar-refractivity contribution is -0.684. The molecule has 0 saturated heterocycles. The van der Waals surface area contributed by atoms with Crippen LogP contribution in [-0.2, 0) is 11.3 Å². The first kappa shape index (κ1) is 14.7. The molecule has 1 heterocycles. The number of nitro benzene ring substituents is 1. The van der Waals surface area contributed by atoms with E-state index in [0.717, 1.165) is 0 Å². The predicted octanol–water partition coefficient (Wildman–Crippen LogP) is 1.88. The first-order chi connectivity index (χ1) is 9.95. The first-order valence-corrected chi connectivity index (χ1v) is 6.25. The van der Waals surface area contributed by atoms with Crippen LogP contribution in [0.4, 0.5) is 11.4 Å². The molecule has 8 heteroatoms. The van der Waals surface area contributed by atoms with Gasteiger partial charge in [0.05, 0.1) is 4.92 Å². The van der Waals surface area contributed by atoms with Crippen molar-refractivity contribution in [3.8, 4) is 5.75 Å². The van der Waals surface area contributed by atoms with Gasteiger partial charge in [-0.05, 0) is 18.2 Å². The van der Waals surface area contributed by atoms with E-state index in [0.29, 0.717) is 0 Å². The number of pyridine rings is 1. The quantitative estimate of drug-likeness (QED) is 0.512. The Morgan fingerprint density at radius 3 is 2.86 bits per heavy atom. The van der Waals surface area contributed by atoms with Crippen molar-refractivity contribution >= 4 is 28.9 Å². The highest BCUT2D eigenvalue weighted by molar-refractivity contribution is 6.31. The number of halogens is 1. The van der Waals surface area contributed by atoms with E-state index >= 15 is 0 Å². The van der Waals surface area contributed by atoms with E-state index in [2.05, 4.69) is 5.32 Å². The molecule has 2 N–H and O–H groups in total. The third-order valence-electron chi connectivity index (χ3n) is 2.60. The summed E-state index contributed by atoms with van der Waals surface area (Å²) in [6.45, 7) is -0.0991. The number of nitrogens with zero attached hydrogens (tertiary/aromatic N) is 2. The van der Waals surface area contributed by atoms with E-state index in [1.165, 1.54) is 35.0 Å². The summed E-state index contributed by atoms with van der Waals surface area (Å²) in [6.07, 6.45) is 2.96. The number of nitrogens with one attached hydrogen (secondary N) is 1. The molecule has 7 nitrogen and oxygen atoms in total. The van der Waals surface area contributed by atoms with E-state index < -0.39 is 10.8 Å². The Labute approximate surface area is 124 Å². The van der Waals surface area contributed by atoms with Crippen LogP contribution >= 0.6 is 11.6 Å².